The lowest BCUT2D eigenvalue weighted by molar-refractivity contribution is 0.273. The standard InChI is InChI=1S/C22H34Cl2O2S2/c1-22(2,3)28(25,26)16-18-12-10-17(11-13-18)7-4-5-14-27-15-19-20(23)8-6-9-21(19)24/h6,8-9,17-18H,4-5,7,10-16H2,1-3H3. The van der Waals surface area contributed by atoms with Crippen LogP contribution in [0.1, 0.15) is 71.3 Å². The van der Waals surface area contributed by atoms with Crippen molar-refractivity contribution in [3.8, 4) is 0 Å². The average molecular weight is 466 g/mol. The first-order valence-corrected chi connectivity index (χ1v) is 13.9. The first-order valence-electron chi connectivity index (χ1n) is 10.3. The van der Waals surface area contributed by atoms with Crippen LogP contribution in [0, 0.1) is 11.8 Å². The summed E-state index contributed by atoms with van der Waals surface area (Å²) in [4.78, 5) is 0. The van der Waals surface area contributed by atoms with Crippen LogP contribution in [-0.4, -0.2) is 24.7 Å². The molecule has 1 aliphatic carbocycles. The van der Waals surface area contributed by atoms with Gasteiger partial charge in [0.2, 0.25) is 0 Å². The molecule has 1 aromatic rings. The van der Waals surface area contributed by atoms with E-state index in [4.69, 9.17) is 23.2 Å². The number of thioether (sulfide) groups is 1. The van der Waals surface area contributed by atoms with Crippen molar-refractivity contribution in [2.24, 2.45) is 11.8 Å². The van der Waals surface area contributed by atoms with E-state index in [1.165, 1.54) is 32.1 Å². The lowest BCUT2D eigenvalue weighted by Crippen LogP contribution is -2.34. The molecular weight excluding hydrogens is 431 g/mol. The van der Waals surface area contributed by atoms with Crippen LogP contribution < -0.4 is 0 Å². The molecule has 0 spiro atoms. The normalized spacial score (nSPS) is 21.0. The van der Waals surface area contributed by atoms with Crippen molar-refractivity contribution in [3.05, 3.63) is 33.8 Å². The van der Waals surface area contributed by atoms with Gasteiger partial charge in [0.1, 0.15) is 0 Å². The van der Waals surface area contributed by atoms with Gasteiger partial charge in [-0.3, -0.25) is 0 Å². The van der Waals surface area contributed by atoms with E-state index in [2.05, 4.69) is 0 Å². The van der Waals surface area contributed by atoms with Crippen molar-refractivity contribution in [1.82, 2.24) is 0 Å². The topological polar surface area (TPSA) is 34.1 Å². The molecule has 1 aliphatic rings. The Morgan fingerprint density at radius 3 is 2.14 bits per heavy atom. The van der Waals surface area contributed by atoms with E-state index in [1.54, 1.807) is 0 Å². The molecule has 0 N–H and O–H groups in total. The third kappa shape index (κ3) is 7.41. The SMILES string of the molecule is CC(C)(C)S(=O)(=O)CC1CCC(CCCCSCc2c(Cl)cccc2Cl)CC1. The van der Waals surface area contributed by atoms with Crippen LogP contribution >= 0.6 is 35.0 Å². The van der Waals surface area contributed by atoms with Gasteiger partial charge in [-0.1, -0.05) is 55.0 Å². The van der Waals surface area contributed by atoms with Crippen LogP contribution in [-0.2, 0) is 15.6 Å². The highest BCUT2D eigenvalue weighted by molar-refractivity contribution is 7.98. The monoisotopic (exact) mass is 464 g/mol. The molecule has 0 atom stereocenters. The molecular formula is C22H34Cl2O2S2. The van der Waals surface area contributed by atoms with E-state index < -0.39 is 14.6 Å². The second kappa shape index (κ2) is 10.9. The largest absolute Gasteiger partial charge is 0.228 e. The second-order valence-electron chi connectivity index (χ2n) is 9.03. The summed E-state index contributed by atoms with van der Waals surface area (Å²) in [7, 11) is -2.99. The summed E-state index contributed by atoms with van der Waals surface area (Å²) in [5.74, 6) is 3.49. The summed E-state index contributed by atoms with van der Waals surface area (Å²) >= 11 is 14.3. The zero-order valence-electron chi connectivity index (χ0n) is 17.3. The fourth-order valence-electron chi connectivity index (χ4n) is 3.73. The van der Waals surface area contributed by atoms with Gasteiger partial charge < -0.3 is 0 Å². The van der Waals surface area contributed by atoms with Crippen molar-refractivity contribution in [2.45, 2.75) is 76.2 Å². The summed E-state index contributed by atoms with van der Waals surface area (Å²) in [5.41, 5.74) is 1.04. The maximum absolute atomic E-state index is 12.4. The molecule has 1 aromatic carbocycles. The zero-order chi connectivity index (χ0) is 20.8. The van der Waals surface area contributed by atoms with E-state index in [0.717, 1.165) is 45.9 Å². The van der Waals surface area contributed by atoms with Crippen LogP contribution in [0.15, 0.2) is 18.2 Å². The number of hydrogen-bond acceptors (Lipinski definition) is 3. The highest BCUT2D eigenvalue weighted by atomic mass is 35.5. The average Bonchev–Trinajstić information content (AvgIpc) is 2.60. The highest BCUT2D eigenvalue weighted by Gasteiger charge is 2.33. The van der Waals surface area contributed by atoms with Gasteiger partial charge in [0.25, 0.3) is 0 Å². The van der Waals surface area contributed by atoms with Gasteiger partial charge in [0.15, 0.2) is 9.84 Å². The first-order chi connectivity index (χ1) is 13.1. The Balaban J connectivity index is 1.59. The van der Waals surface area contributed by atoms with Gasteiger partial charge in [0, 0.05) is 15.8 Å². The Labute approximate surface area is 186 Å². The molecule has 0 aromatic heterocycles. The Hall–Kier alpha value is 0.1000. The Bertz CT molecular complexity index is 698. The molecule has 2 rings (SSSR count). The Morgan fingerprint density at radius 2 is 1.57 bits per heavy atom. The minimum atomic E-state index is -2.99. The quantitative estimate of drug-likeness (QED) is 0.356. The van der Waals surface area contributed by atoms with Crippen molar-refractivity contribution in [1.29, 1.82) is 0 Å². The third-order valence-corrected chi connectivity index (χ3v) is 10.4. The van der Waals surface area contributed by atoms with Crippen molar-refractivity contribution >= 4 is 44.8 Å². The minimum absolute atomic E-state index is 0.358. The number of sulfone groups is 1. The van der Waals surface area contributed by atoms with Gasteiger partial charge in [-0.15, -0.1) is 0 Å². The molecule has 0 heterocycles. The van der Waals surface area contributed by atoms with Crippen molar-refractivity contribution < 1.29 is 8.42 Å². The minimum Gasteiger partial charge on any atom is -0.228 e. The molecule has 1 saturated carbocycles. The van der Waals surface area contributed by atoms with Gasteiger partial charge in [-0.25, -0.2) is 8.42 Å². The number of hydrogen-bond donors (Lipinski definition) is 0. The number of benzene rings is 1. The molecule has 0 bridgehead atoms. The first kappa shape index (κ1) is 24.4. The number of halogens is 2. The summed E-state index contributed by atoms with van der Waals surface area (Å²) in [6.45, 7) is 5.43. The molecule has 160 valence electrons. The van der Waals surface area contributed by atoms with Crippen LogP contribution in [0.5, 0.6) is 0 Å². The molecule has 0 saturated heterocycles. The van der Waals surface area contributed by atoms with E-state index in [9.17, 15) is 8.42 Å². The maximum atomic E-state index is 12.4. The van der Waals surface area contributed by atoms with Crippen molar-refractivity contribution in [3.63, 3.8) is 0 Å². The lowest BCUT2D eigenvalue weighted by atomic mass is 9.80. The van der Waals surface area contributed by atoms with Gasteiger partial charge in [-0.05, 0) is 75.3 Å². The molecule has 28 heavy (non-hydrogen) atoms. The summed E-state index contributed by atoms with van der Waals surface area (Å²) < 4.78 is 24.2. The molecule has 0 radical (unpaired) electrons. The summed E-state index contributed by atoms with van der Waals surface area (Å²) in [5, 5.41) is 1.51. The summed E-state index contributed by atoms with van der Waals surface area (Å²) in [6.07, 6.45) is 8.25. The smallest absolute Gasteiger partial charge is 0.155 e. The molecule has 0 unspecified atom stereocenters. The van der Waals surface area contributed by atoms with E-state index in [1.807, 2.05) is 50.7 Å². The maximum Gasteiger partial charge on any atom is 0.155 e. The molecule has 0 amide bonds. The van der Waals surface area contributed by atoms with Crippen molar-refractivity contribution in [2.75, 3.05) is 11.5 Å². The summed E-state index contributed by atoms with van der Waals surface area (Å²) in [6, 6.07) is 5.67. The fraction of sp³-hybridized carbons (Fsp3) is 0.727. The van der Waals surface area contributed by atoms with Gasteiger partial charge in [-0.2, -0.15) is 11.8 Å². The van der Waals surface area contributed by atoms with Gasteiger partial charge in [0.05, 0.1) is 10.5 Å². The predicted molar refractivity (Wildman–Crippen MR) is 125 cm³/mol. The Kier molecular flexibility index (Phi) is 9.51. The van der Waals surface area contributed by atoms with Crippen LogP contribution in [0.2, 0.25) is 10.0 Å². The van der Waals surface area contributed by atoms with Crippen LogP contribution in [0.4, 0.5) is 0 Å². The van der Waals surface area contributed by atoms with Crippen LogP contribution in [0.25, 0.3) is 0 Å². The van der Waals surface area contributed by atoms with E-state index in [-0.39, 0.29) is 0 Å². The molecule has 6 heteroatoms. The third-order valence-electron chi connectivity index (χ3n) is 5.81. The number of rotatable bonds is 9. The van der Waals surface area contributed by atoms with Gasteiger partial charge >= 0.3 is 0 Å². The Morgan fingerprint density at radius 1 is 1.00 bits per heavy atom. The number of unbranched alkanes of at least 4 members (excludes halogenated alkanes) is 1. The highest BCUT2D eigenvalue weighted by Crippen LogP contribution is 2.34. The van der Waals surface area contributed by atoms with Crippen LogP contribution in [0.3, 0.4) is 0 Å². The predicted octanol–water partition coefficient (Wildman–Crippen LogP) is 7.42. The fourth-order valence-corrected chi connectivity index (χ4v) is 6.94. The van der Waals surface area contributed by atoms with E-state index >= 15 is 0 Å². The second-order valence-corrected chi connectivity index (χ2v) is 13.7. The lowest BCUT2D eigenvalue weighted by Gasteiger charge is -2.30. The van der Waals surface area contributed by atoms with E-state index in [0.29, 0.717) is 11.7 Å². The zero-order valence-corrected chi connectivity index (χ0v) is 20.5. The molecule has 2 nitrogen and oxygen atoms in total. The molecule has 1 fully saturated rings. The molecule has 0 aliphatic heterocycles.